The van der Waals surface area contributed by atoms with Crippen molar-refractivity contribution < 1.29 is 91.4 Å². The summed E-state index contributed by atoms with van der Waals surface area (Å²) in [5, 5.41) is 0. The molecule has 2 rings (SSSR count). The summed E-state index contributed by atoms with van der Waals surface area (Å²) in [7, 11) is -10.9. The van der Waals surface area contributed by atoms with Gasteiger partial charge in [0, 0.05) is 22.3 Å². The van der Waals surface area contributed by atoms with E-state index in [0.717, 1.165) is 11.1 Å². The molecule has 0 bridgehead atoms. The second-order valence-corrected chi connectivity index (χ2v) is 17.3. The minimum absolute atomic E-state index is 0. The average Bonchev–Trinajstić information content (AvgIpc) is 2.65. The molecule has 0 fully saturated rings. The SMILES string of the molecule is Cc1cc(C(C)(C)C)c(OP(=O)([O-])OP(=O)([O-])Oc2c(C(C)(C)C)cc(C)cc2C(C)(C)C)c(C(C)(C)C)c1.[Na+].[Na+]. The minimum atomic E-state index is -5.45. The van der Waals surface area contributed by atoms with Crippen molar-refractivity contribution in [1.29, 1.82) is 0 Å². The van der Waals surface area contributed by atoms with Crippen LogP contribution in [0.2, 0.25) is 0 Å². The zero-order chi connectivity index (χ0) is 30.6. The van der Waals surface area contributed by atoms with Crippen LogP contribution in [-0.2, 0) is 35.1 Å². The monoisotopic (exact) mass is 626 g/mol. The molecule has 7 nitrogen and oxygen atoms in total. The van der Waals surface area contributed by atoms with Crippen LogP contribution >= 0.6 is 15.6 Å². The number of benzene rings is 2. The molecule has 0 saturated carbocycles. The largest absolute Gasteiger partial charge is 1.00 e. The molecule has 11 heteroatoms. The van der Waals surface area contributed by atoms with E-state index in [4.69, 9.17) is 13.4 Å². The normalized spacial score (nSPS) is 15.6. The fourth-order valence-electron chi connectivity index (χ4n) is 4.35. The number of phosphoric acid groups is 2. The Balaban J connectivity index is 0.00000800. The van der Waals surface area contributed by atoms with E-state index < -0.39 is 37.3 Å². The summed E-state index contributed by atoms with van der Waals surface area (Å²) >= 11 is 0. The molecule has 0 aromatic heterocycles. The Morgan fingerprint density at radius 3 is 0.878 bits per heavy atom. The molecule has 0 amide bonds. The van der Waals surface area contributed by atoms with Crippen molar-refractivity contribution in [2.45, 2.75) is 119 Å². The minimum Gasteiger partial charge on any atom is -0.746 e. The van der Waals surface area contributed by atoms with Gasteiger partial charge in [-0.25, -0.2) is 4.31 Å². The Labute approximate surface area is 292 Å². The Kier molecular flexibility index (Phi) is 13.9. The fourth-order valence-corrected chi connectivity index (χ4v) is 6.44. The van der Waals surface area contributed by atoms with Crippen LogP contribution < -0.4 is 77.9 Å². The molecule has 0 aliphatic rings. The van der Waals surface area contributed by atoms with Crippen molar-refractivity contribution in [3.05, 3.63) is 57.6 Å². The maximum absolute atomic E-state index is 13.2. The van der Waals surface area contributed by atoms with E-state index in [9.17, 15) is 18.9 Å². The molecule has 2 unspecified atom stereocenters. The molecule has 0 heterocycles. The molecule has 0 radical (unpaired) electrons. The number of aryl methyl sites for hydroxylation is 2. The van der Waals surface area contributed by atoms with Gasteiger partial charge >= 0.3 is 74.8 Å². The molecule has 0 aliphatic heterocycles. The first kappa shape index (κ1) is 41.4. The third kappa shape index (κ3) is 11.4. The van der Waals surface area contributed by atoms with Crippen LogP contribution in [-0.4, -0.2) is 0 Å². The topological polar surface area (TPSA) is 108 Å². The first-order valence-electron chi connectivity index (χ1n) is 13.2. The molecule has 2 aromatic carbocycles. The molecular weight excluding hydrogens is 580 g/mol. The van der Waals surface area contributed by atoms with Crippen molar-refractivity contribution in [2.24, 2.45) is 0 Å². The van der Waals surface area contributed by atoms with Gasteiger partial charge < -0.3 is 18.8 Å². The van der Waals surface area contributed by atoms with Crippen molar-refractivity contribution in [3.63, 3.8) is 0 Å². The van der Waals surface area contributed by atoms with E-state index in [0.29, 0.717) is 22.3 Å². The van der Waals surface area contributed by atoms with Gasteiger partial charge in [0.05, 0.1) is 0 Å². The summed E-state index contributed by atoms with van der Waals surface area (Å²) in [6.45, 7) is 27.0. The van der Waals surface area contributed by atoms with Crippen LogP contribution in [0, 0.1) is 13.8 Å². The quantitative estimate of drug-likeness (QED) is 0.356. The predicted molar refractivity (Wildman–Crippen MR) is 155 cm³/mol. The van der Waals surface area contributed by atoms with Crippen molar-refractivity contribution >= 4 is 15.6 Å². The van der Waals surface area contributed by atoms with Crippen LogP contribution in [0.4, 0.5) is 0 Å². The van der Waals surface area contributed by atoms with Gasteiger partial charge in [0.2, 0.25) is 0 Å². The third-order valence-electron chi connectivity index (χ3n) is 6.30. The van der Waals surface area contributed by atoms with Gasteiger partial charge in [-0.15, -0.1) is 0 Å². The molecule has 220 valence electrons. The summed E-state index contributed by atoms with van der Waals surface area (Å²) in [5.74, 6) is 0.139. The van der Waals surface area contributed by atoms with Gasteiger partial charge in [-0.1, -0.05) is 118 Å². The maximum Gasteiger partial charge on any atom is 1.00 e. The maximum atomic E-state index is 13.2. The Morgan fingerprint density at radius 1 is 0.512 bits per heavy atom. The summed E-state index contributed by atoms with van der Waals surface area (Å²) < 4.78 is 42.1. The molecule has 0 N–H and O–H groups in total. The van der Waals surface area contributed by atoms with Crippen molar-refractivity contribution in [1.82, 2.24) is 0 Å². The first-order chi connectivity index (χ1) is 17.1. The number of rotatable bonds is 6. The summed E-state index contributed by atoms with van der Waals surface area (Å²) in [4.78, 5) is 26.4. The van der Waals surface area contributed by atoms with Crippen LogP contribution in [0.5, 0.6) is 11.5 Å². The first-order valence-corrected chi connectivity index (χ1v) is 16.1. The van der Waals surface area contributed by atoms with Crippen LogP contribution in [0.25, 0.3) is 0 Å². The van der Waals surface area contributed by atoms with Gasteiger partial charge in [0.1, 0.15) is 11.5 Å². The Bertz CT molecular complexity index is 1160. The second kappa shape index (κ2) is 13.8. The Morgan fingerprint density at radius 2 is 0.707 bits per heavy atom. The van der Waals surface area contributed by atoms with Crippen molar-refractivity contribution in [3.8, 4) is 11.5 Å². The average molecular weight is 627 g/mol. The number of phosphoric ester groups is 2. The van der Waals surface area contributed by atoms with Crippen molar-refractivity contribution in [2.75, 3.05) is 0 Å². The van der Waals surface area contributed by atoms with Gasteiger partial charge in [0.25, 0.3) is 0 Å². The van der Waals surface area contributed by atoms with Gasteiger partial charge in [-0.05, 0) is 35.5 Å². The van der Waals surface area contributed by atoms with Gasteiger partial charge in [-0.3, -0.25) is 9.13 Å². The smallest absolute Gasteiger partial charge is 0.746 e. The van der Waals surface area contributed by atoms with E-state index in [2.05, 4.69) is 0 Å². The van der Waals surface area contributed by atoms with E-state index in [1.807, 2.05) is 121 Å². The molecule has 2 atom stereocenters. The molecule has 0 aliphatic carbocycles. The van der Waals surface area contributed by atoms with E-state index >= 15 is 0 Å². The van der Waals surface area contributed by atoms with E-state index in [-0.39, 0.29) is 70.6 Å². The summed E-state index contributed by atoms with van der Waals surface area (Å²) in [6, 6.07) is 7.37. The standard InChI is InChI=1S/C30H48O7P2.2Na/c1-19-15-21(27(3,4)5)25(22(16-19)28(6,7)8)35-38(31,32)37-39(33,34)36-26-23(29(9,10)11)17-20(2)18-24(26)30(12,13)14;;/h15-18H,1-14H3,(H,31,32)(H,33,34);;/q;2*+1/p-2. The van der Waals surface area contributed by atoms with E-state index in [1.54, 1.807) is 0 Å². The third-order valence-corrected chi connectivity index (χ3v) is 8.72. The molecule has 2 aromatic rings. The zero-order valence-electron chi connectivity index (χ0n) is 28.1. The van der Waals surface area contributed by atoms with Crippen LogP contribution in [0.3, 0.4) is 0 Å². The van der Waals surface area contributed by atoms with Crippen LogP contribution in [0.15, 0.2) is 24.3 Å². The number of hydrogen-bond acceptors (Lipinski definition) is 7. The fraction of sp³-hybridized carbons (Fsp3) is 0.600. The predicted octanol–water partition coefficient (Wildman–Crippen LogP) is 1.91. The molecule has 41 heavy (non-hydrogen) atoms. The summed E-state index contributed by atoms with van der Waals surface area (Å²) in [5.41, 5.74) is 2.37. The van der Waals surface area contributed by atoms with Gasteiger partial charge in [0.15, 0.2) is 0 Å². The van der Waals surface area contributed by atoms with E-state index in [1.165, 1.54) is 0 Å². The molecular formula is C30H46Na2O7P2. The zero-order valence-corrected chi connectivity index (χ0v) is 33.9. The second-order valence-electron chi connectivity index (χ2n) is 14.5. The Hall–Kier alpha value is 0.380. The molecule has 0 spiro atoms. The summed E-state index contributed by atoms with van der Waals surface area (Å²) in [6.07, 6.45) is 0. The number of hydrogen-bond donors (Lipinski definition) is 0. The van der Waals surface area contributed by atoms with Gasteiger partial charge in [-0.2, -0.15) is 0 Å². The van der Waals surface area contributed by atoms with Crippen LogP contribution in [0.1, 0.15) is 116 Å². The molecule has 0 saturated heterocycles.